The number of nitro benzene ring substituents is 1. The van der Waals surface area contributed by atoms with E-state index in [1.165, 1.54) is 11.0 Å². The van der Waals surface area contributed by atoms with Gasteiger partial charge in [-0.15, -0.1) is 0 Å². The predicted molar refractivity (Wildman–Crippen MR) is 76.0 cm³/mol. The van der Waals surface area contributed by atoms with Crippen LogP contribution >= 0.6 is 0 Å². The van der Waals surface area contributed by atoms with Crippen LogP contribution in [0.4, 0.5) is 5.69 Å². The van der Waals surface area contributed by atoms with E-state index in [1.54, 1.807) is 19.1 Å². The Labute approximate surface area is 122 Å². The van der Waals surface area contributed by atoms with Gasteiger partial charge in [-0.3, -0.25) is 19.7 Å². The van der Waals surface area contributed by atoms with Gasteiger partial charge >= 0.3 is 0 Å². The third-order valence-electron chi connectivity index (χ3n) is 3.63. The van der Waals surface area contributed by atoms with Gasteiger partial charge < -0.3 is 10.2 Å². The standard InChI is InChI=1S/C14H17N3O4/c1-3-11-13(18)15-6-7-16(11)14(19)10-5-4-9(2)12(8-10)17(20)21/h4-5,8,11H,3,6-7H2,1-2H3,(H,15,18). The summed E-state index contributed by atoms with van der Waals surface area (Å²) in [6.45, 7) is 4.25. The number of amides is 2. The molecule has 1 atom stereocenters. The van der Waals surface area contributed by atoms with Crippen molar-refractivity contribution in [1.82, 2.24) is 10.2 Å². The van der Waals surface area contributed by atoms with Crippen LogP contribution < -0.4 is 5.32 Å². The molecule has 112 valence electrons. The van der Waals surface area contributed by atoms with E-state index in [4.69, 9.17) is 0 Å². The summed E-state index contributed by atoms with van der Waals surface area (Å²) in [5.74, 6) is -0.529. The lowest BCUT2D eigenvalue weighted by Crippen LogP contribution is -2.56. The lowest BCUT2D eigenvalue weighted by atomic mass is 10.1. The smallest absolute Gasteiger partial charge is 0.273 e. The molecule has 0 saturated carbocycles. The molecule has 0 radical (unpaired) electrons. The van der Waals surface area contributed by atoms with Crippen LogP contribution in [0.15, 0.2) is 18.2 Å². The first-order valence-electron chi connectivity index (χ1n) is 6.79. The topological polar surface area (TPSA) is 92.6 Å². The number of benzene rings is 1. The molecule has 2 amide bonds. The van der Waals surface area contributed by atoms with Crippen LogP contribution in [0, 0.1) is 17.0 Å². The molecule has 1 aromatic carbocycles. The summed E-state index contributed by atoms with van der Waals surface area (Å²) in [4.78, 5) is 36.2. The van der Waals surface area contributed by atoms with E-state index in [-0.39, 0.29) is 23.1 Å². The fourth-order valence-corrected chi connectivity index (χ4v) is 2.47. The van der Waals surface area contributed by atoms with E-state index < -0.39 is 11.0 Å². The number of hydrogen-bond donors (Lipinski definition) is 1. The molecule has 0 aromatic heterocycles. The van der Waals surface area contributed by atoms with Gasteiger partial charge in [-0.2, -0.15) is 0 Å². The summed E-state index contributed by atoms with van der Waals surface area (Å²) in [5.41, 5.74) is 0.649. The monoisotopic (exact) mass is 291 g/mol. The summed E-state index contributed by atoms with van der Waals surface area (Å²) in [6.07, 6.45) is 0.505. The molecule has 0 bridgehead atoms. The third-order valence-corrected chi connectivity index (χ3v) is 3.63. The van der Waals surface area contributed by atoms with Gasteiger partial charge in [-0.05, 0) is 19.4 Å². The highest BCUT2D eigenvalue weighted by Crippen LogP contribution is 2.21. The Hall–Kier alpha value is -2.44. The van der Waals surface area contributed by atoms with Crippen LogP contribution in [0.2, 0.25) is 0 Å². The summed E-state index contributed by atoms with van der Waals surface area (Å²) in [7, 11) is 0. The van der Waals surface area contributed by atoms with Gasteiger partial charge in [0.1, 0.15) is 6.04 Å². The Kier molecular flexibility index (Phi) is 4.21. The molecule has 1 unspecified atom stereocenters. The van der Waals surface area contributed by atoms with Gasteiger partial charge in [0.2, 0.25) is 5.91 Å². The predicted octanol–water partition coefficient (Wildman–Crippen LogP) is 1.25. The molecular formula is C14H17N3O4. The van der Waals surface area contributed by atoms with Crippen LogP contribution in [0.25, 0.3) is 0 Å². The molecule has 1 aliphatic rings. The van der Waals surface area contributed by atoms with E-state index in [2.05, 4.69) is 5.32 Å². The van der Waals surface area contributed by atoms with Gasteiger partial charge in [-0.25, -0.2) is 0 Å². The first kappa shape index (κ1) is 15.0. The zero-order valence-electron chi connectivity index (χ0n) is 12.0. The molecule has 1 heterocycles. The first-order valence-corrected chi connectivity index (χ1v) is 6.79. The zero-order valence-corrected chi connectivity index (χ0v) is 12.0. The van der Waals surface area contributed by atoms with Gasteiger partial charge in [0, 0.05) is 30.3 Å². The largest absolute Gasteiger partial charge is 0.353 e. The normalized spacial score (nSPS) is 18.3. The van der Waals surface area contributed by atoms with Crippen LogP contribution in [0.3, 0.4) is 0 Å². The molecule has 7 heteroatoms. The minimum atomic E-state index is -0.522. The number of piperazine rings is 1. The van der Waals surface area contributed by atoms with E-state index in [0.717, 1.165) is 0 Å². The summed E-state index contributed by atoms with van der Waals surface area (Å²) < 4.78 is 0. The number of nitro groups is 1. The quantitative estimate of drug-likeness (QED) is 0.670. The molecule has 0 aliphatic carbocycles. The summed E-state index contributed by atoms with van der Waals surface area (Å²) in [5, 5.41) is 13.7. The lowest BCUT2D eigenvalue weighted by Gasteiger charge is -2.34. The molecule has 21 heavy (non-hydrogen) atoms. The van der Waals surface area contributed by atoms with Crippen LogP contribution in [-0.2, 0) is 4.79 Å². The van der Waals surface area contributed by atoms with Crippen molar-refractivity contribution >= 4 is 17.5 Å². The molecule has 1 aromatic rings. The maximum atomic E-state index is 12.5. The van der Waals surface area contributed by atoms with E-state index >= 15 is 0 Å². The van der Waals surface area contributed by atoms with Crippen molar-refractivity contribution in [3.05, 3.63) is 39.4 Å². The summed E-state index contributed by atoms with van der Waals surface area (Å²) >= 11 is 0. The highest BCUT2D eigenvalue weighted by atomic mass is 16.6. The number of hydrogen-bond acceptors (Lipinski definition) is 4. The molecule has 7 nitrogen and oxygen atoms in total. The van der Waals surface area contributed by atoms with Crippen molar-refractivity contribution in [1.29, 1.82) is 0 Å². The fourth-order valence-electron chi connectivity index (χ4n) is 2.47. The number of rotatable bonds is 3. The Morgan fingerprint density at radius 1 is 1.52 bits per heavy atom. The van der Waals surface area contributed by atoms with Gasteiger partial charge in [0.15, 0.2) is 0 Å². The van der Waals surface area contributed by atoms with E-state index in [1.807, 2.05) is 6.92 Å². The zero-order chi connectivity index (χ0) is 15.6. The van der Waals surface area contributed by atoms with Crippen molar-refractivity contribution in [2.75, 3.05) is 13.1 Å². The lowest BCUT2D eigenvalue weighted by molar-refractivity contribution is -0.385. The number of carbonyl (C=O) groups excluding carboxylic acids is 2. The van der Waals surface area contributed by atoms with Crippen molar-refractivity contribution < 1.29 is 14.5 Å². The molecule has 1 aliphatic heterocycles. The average molecular weight is 291 g/mol. The molecular weight excluding hydrogens is 274 g/mol. The van der Waals surface area contributed by atoms with Crippen LogP contribution in [0.5, 0.6) is 0 Å². The summed E-state index contributed by atoms with van der Waals surface area (Å²) in [6, 6.07) is 3.86. The van der Waals surface area contributed by atoms with Crippen molar-refractivity contribution in [2.24, 2.45) is 0 Å². The fraction of sp³-hybridized carbons (Fsp3) is 0.429. The minimum absolute atomic E-state index is 0.0876. The minimum Gasteiger partial charge on any atom is -0.353 e. The SMILES string of the molecule is CCC1C(=O)NCCN1C(=O)c1ccc(C)c([N+](=O)[O-])c1. The number of aryl methyl sites for hydroxylation is 1. The molecule has 0 spiro atoms. The van der Waals surface area contributed by atoms with Gasteiger partial charge in [0.05, 0.1) is 4.92 Å². The highest BCUT2D eigenvalue weighted by molar-refractivity contribution is 5.98. The number of nitrogens with one attached hydrogen (secondary N) is 1. The Morgan fingerprint density at radius 3 is 2.86 bits per heavy atom. The van der Waals surface area contributed by atoms with Crippen molar-refractivity contribution in [3.63, 3.8) is 0 Å². The maximum absolute atomic E-state index is 12.5. The molecule has 1 N–H and O–H groups in total. The Balaban J connectivity index is 2.33. The molecule has 1 fully saturated rings. The van der Waals surface area contributed by atoms with Gasteiger partial charge in [-0.1, -0.05) is 13.0 Å². The molecule has 2 rings (SSSR count). The third kappa shape index (κ3) is 2.86. The maximum Gasteiger partial charge on any atom is 0.273 e. The highest BCUT2D eigenvalue weighted by Gasteiger charge is 2.32. The second-order valence-electron chi connectivity index (χ2n) is 4.97. The second-order valence-corrected chi connectivity index (χ2v) is 4.97. The first-order chi connectivity index (χ1) is 9.95. The number of nitrogens with zero attached hydrogens (tertiary/aromatic N) is 2. The van der Waals surface area contributed by atoms with Crippen LogP contribution in [-0.4, -0.2) is 40.8 Å². The van der Waals surface area contributed by atoms with Crippen LogP contribution in [0.1, 0.15) is 29.3 Å². The molecule has 1 saturated heterocycles. The average Bonchev–Trinajstić information content (AvgIpc) is 2.46. The Bertz CT molecular complexity index is 600. The van der Waals surface area contributed by atoms with Crippen molar-refractivity contribution in [2.45, 2.75) is 26.3 Å². The van der Waals surface area contributed by atoms with Gasteiger partial charge in [0.25, 0.3) is 11.6 Å². The van der Waals surface area contributed by atoms with E-state index in [0.29, 0.717) is 25.1 Å². The van der Waals surface area contributed by atoms with Crippen molar-refractivity contribution in [3.8, 4) is 0 Å². The Morgan fingerprint density at radius 2 is 2.24 bits per heavy atom. The number of carbonyl (C=O) groups is 2. The van der Waals surface area contributed by atoms with E-state index in [9.17, 15) is 19.7 Å². The second kappa shape index (κ2) is 5.90.